The third-order valence-electron chi connectivity index (χ3n) is 5.82. The van der Waals surface area contributed by atoms with Gasteiger partial charge in [0, 0.05) is 38.4 Å². The lowest BCUT2D eigenvalue weighted by Gasteiger charge is -2.37. The zero-order valence-electron chi connectivity index (χ0n) is 18.7. The number of pyridine rings is 1. The van der Waals surface area contributed by atoms with Crippen molar-refractivity contribution in [3.8, 4) is 0 Å². The second-order valence-electron chi connectivity index (χ2n) is 9.31. The van der Waals surface area contributed by atoms with Crippen LogP contribution in [0.5, 0.6) is 0 Å². The number of hydrogen-bond donors (Lipinski definition) is 0. The summed E-state index contributed by atoms with van der Waals surface area (Å²) in [5.74, 6) is 1.01. The lowest BCUT2D eigenvalue weighted by atomic mass is 9.96. The minimum Gasteiger partial charge on any atom is -0.444 e. The molecule has 2 saturated heterocycles. The van der Waals surface area contributed by atoms with E-state index in [0.29, 0.717) is 19.1 Å². The Morgan fingerprint density at radius 1 is 1.14 bits per heavy atom. The van der Waals surface area contributed by atoms with Crippen molar-refractivity contribution in [1.29, 1.82) is 0 Å². The molecule has 0 N–H and O–H groups in total. The van der Waals surface area contributed by atoms with Gasteiger partial charge in [0.15, 0.2) is 0 Å². The van der Waals surface area contributed by atoms with Crippen LogP contribution in [0.25, 0.3) is 0 Å². The van der Waals surface area contributed by atoms with E-state index in [9.17, 15) is 4.79 Å². The summed E-state index contributed by atoms with van der Waals surface area (Å²) >= 11 is 0. The predicted molar refractivity (Wildman–Crippen MR) is 117 cm³/mol. The highest BCUT2D eigenvalue weighted by molar-refractivity contribution is 5.68. The molecule has 1 atom stereocenters. The number of carbonyl (C=O) groups is 1. The number of rotatable bonds is 5. The van der Waals surface area contributed by atoms with Gasteiger partial charge in [0.2, 0.25) is 0 Å². The van der Waals surface area contributed by atoms with Crippen LogP contribution in [0.4, 0.5) is 10.6 Å². The van der Waals surface area contributed by atoms with Gasteiger partial charge in [-0.2, -0.15) is 0 Å². The normalized spacial score (nSPS) is 21.3. The zero-order valence-corrected chi connectivity index (χ0v) is 18.7. The van der Waals surface area contributed by atoms with Gasteiger partial charge in [-0.15, -0.1) is 0 Å². The molecule has 0 spiro atoms. The Balaban J connectivity index is 1.56. The number of carbonyl (C=O) groups excluding carboxylic acids is 1. The first-order valence-corrected chi connectivity index (χ1v) is 11.3. The average Bonchev–Trinajstić information content (AvgIpc) is 2.71. The number of piperidine rings is 1. The molecule has 2 aliphatic rings. The van der Waals surface area contributed by atoms with Gasteiger partial charge in [0.05, 0.1) is 0 Å². The van der Waals surface area contributed by atoms with E-state index in [1.54, 1.807) is 4.90 Å². The third-order valence-corrected chi connectivity index (χ3v) is 5.82. The van der Waals surface area contributed by atoms with Gasteiger partial charge in [-0.3, -0.25) is 4.90 Å². The molecule has 2 fully saturated rings. The summed E-state index contributed by atoms with van der Waals surface area (Å²) in [5, 5.41) is 0. The van der Waals surface area contributed by atoms with Crippen LogP contribution in [0.15, 0.2) is 18.3 Å². The standard InChI is InChI=1S/C23H38N4O2/c1-5-6-12-25-13-8-7-9-20(25)19-10-11-21(24-18-19)26-14-16-27(17-15-26)22(28)29-23(2,3)4/h10-11,18,20H,5-9,12-17H2,1-4H3/t20-/m1/s1. The largest absolute Gasteiger partial charge is 0.444 e. The highest BCUT2D eigenvalue weighted by atomic mass is 16.6. The summed E-state index contributed by atoms with van der Waals surface area (Å²) in [7, 11) is 0. The van der Waals surface area contributed by atoms with Crippen LogP contribution < -0.4 is 4.90 Å². The second-order valence-corrected chi connectivity index (χ2v) is 9.31. The molecule has 1 aromatic rings. The maximum absolute atomic E-state index is 12.2. The third kappa shape index (κ3) is 6.08. The van der Waals surface area contributed by atoms with E-state index in [-0.39, 0.29) is 6.09 Å². The van der Waals surface area contributed by atoms with E-state index in [1.807, 2.05) is 20.8 Å². The smallest absolute Gasteiger partial charge is 0.410 e. The quantitative estimate of drug-likeness (QED) is 0.727. The molecule has 0 bridgehead atoms. The highest BCUT2D eigenvalue weighted by Gasteiger charge is 2.27. The van der Waals surface area contributed by atoms with Crippen LogP contribution in [0.3, 0.4) is 0 Å². The number of amides is 1. The topological polar surface area (TPSA) is 48.9 Å². The lowest BCUT2D eigenvalue weighted by Crippen LogP contribution is -2.50. The predicted octanol–water partition coefficient (Wildman–Crippen LogP) is 4.47. The fourth-order valence-corrected chi connectivity index (χ4v) is 4.22. The van der Waals surface area contributed by atoms with Crippen molar-refractivity contribution >= 4 is 11.9 Å². The highest BCUT2D eigenvalue weighted by Crippen LogP contribution is 2.31. The first-order chi connectivity index (χ1) is 13.9. The fourth-order valence-electron chi connectivity index (χ4n) is 4.22. The number of nitrogens with zero attached hydrogens (tertiary/aromatic N) is 4. The molecule has 0 aromatic carbocycles. The zero-order chi connectivity index (χ0) is 20.9. The van der Waals surface area contributed by atoms with Crippen molar-refractivity contribution in [3.63, 3.8) is 0 Å². The molecular weight excluding hydrogens is 364 g/mol. The van der Waals surface area contributed by atoms with Gasteiger partial charge in [0.25, 0.3) is 0 Å². The molecule has 2 aliphatic heterocycles. The average molecular weight is 403 g/mol. The van der Waals surface area contributed by atoms with Crippen molar-refractivity contribution in [1.82, 2.24) is 14.8 Å². The monoisotopic (exact) mass is 402 g/mol. The number of unbranched alkanes of at least 4 members (excludes halogenated alkanes) is 1. The number of piperazine rings is 1. The molecule has 29 heavy (non-hydrogen) atoms. The van der Waals surface area contributed by atoms with Gasteiger partial charge in [-0.05, 0) is 64.8 Å². The number of hydrogen-bond acceptors (Lipinski definition) is 5. The van der Waals surface area contributed by atoms with E-state index in [1.165, 1.54) is 50.8 Å². The Labute approximate surface area is 176 Å². The Kier molecular flexibility index (Phi) is 7.38. The van der Waals surface area contributed by atoms with Crippen LogP contribution in [0.2, 0.25) is 0 Å². The summed E-state index contributed by atoms with van der Waals surface area (Å²) in [5.41, 5.74) is 0.896. The lowest BCUT2D eigenvalue weighted by molar-refractivity contribution is 0.0240. The molecule has 1 aromatic heterocycles. The second kappa shape index (κ2) is 9.79. The van der Waals surface area contributed by atoms with Gasteiger partial charge in [-0.1, -0.05) is 25.8 Å². The molecular formula is C23H38N4O2. The van der Waals surface area contributed by atoms with Gasteiger partial charge in [0.1, 0.15) is 11.4 Å². The molecule has 162 valence electrons. The number of anilines is 1. The van der Waals surface area contributed by atoms with Crippen LogP contribution >= 0.6 is 0 Å². The van der Waals surface area contributed by atoms with Gasteiger partial charge in [-0.25, -0.2) is 9.78 Å². The van der Waals surface area contributed by atoms with Crippen molar-refractivity contribution in [2.24, 2.45) is 0 Å². The van der Waals surface area contributed by atoms with Crippen LogP contribution in [0.1, 0.15) is 71.4 Å². The molecule has 6 nitrogen and oxygen atoms in total. The SMILES string of the molecule is CCCCN1CCCC[C@@H]1c1ccc(N2CCN(C(=O)OC(C)(C)C)CC2)nc1. The van der Waals surface area contributed by atoms with Crippen LogP contribution in [-0.2, 0) is 4.74 Å². The first kappa shape index (κ1) is 21.9. The summed E-state index contributed by atoms with van der Waals surface area (Å²) in [6.07, 6.45) is 8.23. The molecule has 0 aliphatic carbocycles. The number of aromatic nitrogens is 1. The summed E-state index contributed by atoms with van der Waals surface area (Å²) in [6, 6.07) is 4.93. The molecule has 3 rings (SSSR count). The van der Waals surface area contributed by atoms with E-state index < -0.39 is 5.60 Å². The van der Waals surface area contributed by atoms with Gasteiger partial charge < -0.3 is 14.5 Å². The minimum atomic E-state index is -0.449. The Morgan fingerprint density at radius 2 is 1.90 bits per heavy atom. The number of likely N-dealkylation sites (tertiary alicyclic amines) is 1. The molecule has 0 unspecified atom stereocenters. The fraction of sp³-hybridized carbons (Fsp3) is 0.739. The molecule has 3 heterocycles. The Morgan fingerprint density at radius 3 is 2.52 bits per heavy atom. The molecule has 0 saturated carbocycles. The van der Waals surface area contributed by atoms with E-state index in [4.69, 9.17) is 9.72 Å². The van der Waals surface area contributed by atoms with E-state index in [0.717, 1.165) is 18.9 Å². The van der Waals surface area contributed by atoms with Crippen molar-refractivity contribution < 1.29 is 9.53 Å². The van der Waals surface area contributed by atoms with E-state index >= 15 is 0 Å². The Hall–Kier alpha value is -1.82. The summed E-state index contributed by atoms with van der Waals surface area (Å²) < 4.78 is 5.49. The van der Waals surface area contributed by atoms with Crippen LogP contribution in [0, 0.1) is 0 Å². The maximum Gasteiger partial charge on any atom is 0.410 e. The number of ether oxygens (including phenoxy) is 1. The maximum atomic E-state index is 12.2. The first-order valence-electron chi connectivity index (χ1n) is 11.3. The van der Waals surface area contributed by atoms with Crippen molar-refractivity contribution in [2.45, 2.75) is 71.4 Å². The minimum absolute atomic E-state index is 0.218. The molecule has 0 radical (unpaired) electrons. The van der Waals surface area contributed by atoms with E-state index in [2.05, 4.69) is 35.1 Å². The summed E-state index contributed by atoms with van der Waals surface area (Å²) in [4.78, 5) is 23.7. The summed E-state index contributed by atoms with van der Waals surface area (Å²) in [6.45, 7) is 13.3. The van der Waals surface area contributed by atoms with Crippen LogP contribution in [-0.4, -0.2) is 65.7 Å². The van der Waals surface area contributed by atoms with Crippen molar-refractivity contribution in [2.75, 3.05) is 44.2 Å². The molecule has 1 amide bonds. The molecule has 6 heteroatoms. The van der Waals surface area contributed by atoms with Gasteiger partial charge >= 0.3 is 6.09 Å². The Bertz CT molecular complexity index is 648. The van der Waals surface area contributed by atoms with Crippen molar-refractivity contribution in [3.05, 3.63) is 23.9 Å².